The lowest BCUT2D eigenvalue weighted by atomic mass is 9.97. The van der Waals surface area contributed by atoms with Gasteiger partial charge in [0.1, 0.15) is 0 Å². The van der Waals surface area contributed by atoms with Gasteiger partial charge in [0, 0.05) is 5.92 Å². The highest BCUT2D eigenvalue weighted by atomic mass is 16.3. The molecule has 0 aromatic heterocycles. The minimum atomic E-state index is -0.550. The largest absolute Gasteiger partial charge is 0.387 e. The predicted octanol–water partition coefficient (Wildman–Crippen LogP) is 2.30. The summed E-state index contributed by atoms with van der Waals surface area (Å²) in [5, 5.41) is 9.74. The monoisotopic (exact) mass is 174 g/mol. The molecule has 0 saturated heterocycles. The zero-order chi connectivity index (χ0) is 9.84. The van der Waals surface area contributed by atoms with Crippen LogP contribution in [0.4, 0.5) is 0 Å². The van der Waals surface area contributed by atoms with Crippen LogP contribution in [0.25, 0.3) is 0 Å². The van der Waals surface area contributed by atoms with E-state index in [0.717, 1.165) is 5.56 Å². The van der Waals surface area contributed by atoms with E-state index < -0.39 is 6.10 Å². The maximum Gasteiger partial charge on any atom is 0.0924 e. The zero-order valence-corrected chi connectivity index (χ0v) is 7.99. The second-order valence-electron chi connectivity index (χ2n) is 3.31. The van der Waals surface area contributed by atoms with Gasteiger partial charge >= 0.3 is 0 Å². The highest BCUT2D eigenvalue weighted by molar-refractivity contribution is 5.24. The Morgan fingerprint density at radius 2 is 1.85 bits per heavy atom. The van der Waals surface area contributed by atoms with E-state index in [1.807, 2.05) is 38.1 Å². The predicted molar refractivity (Wildman–Crippen MR) is 54.1 cm³/mol. The van der Waals surface area contributed by atoms with Crippen molar-refractivity contribution in [3.8, 4) is 12.3 Å². The molecular formula is C12H14O. The zero-order valence-electron chi connectivity index (χ0n) is 7.99. The molecule has 0 amide bonds. The number of rotatable bonds is 2. The van der Waals surface area contributed by atoms with Crippen molar-refractivity contribution in [2.75, 3.05) is 0 Å². The number of hydrogen-bond donors (Lipinski definition) is 1. The average molecular weight is 174 g/mol. The lowest BCUT2D eigenvalue weighted by Crippen LogP contribution is -2.06. The Labute approximate surface area is 79.4 Å². The van der Waals surface area contributed by atoms with Gasteiger partial charge in [0.15, 0.2) is 0 Å². The highest BCUT2D eigenvalue weighted by Crippen LogP contribution is 2.20. The average Bonchev–Trinajstić information content (AvgIpc) is 2.17. The molecule has 1 aromatic rings. The molecule has 13 heavy (non-hydrogen) atoms. The standard InChI is InChI=1S/C12H14O/c1-4-10(3)12(13)11-7-5-9(2)6-8-11/h1,5-8,10,12-13H,2-3H3. The molecule has 1 heteroatoms. The van der Waals surface area contributed by atoms with Gasteiger partial charge in [-0.3, -0.25) is 0 Å². The fourth-order valence-electron chi connectivity index (χ4n) is 1.14. The highest BCUT2D eigenvalue weighted by Gasteiger charge is 2.12. The molecule has 0 saturated carbocycles. The molecule has 1 aromatic carbocycles. The van der Waals surface area contributed by atoms with Crippen LogP contribution in [0.3, 0.4) is 0 Å². The Morgan fingerprint density at radius 3 is 2.31 bits per heavy atom. The molecule has 0 aliphatic rings. The van der Waals surface area contributed by atoms with E-state index in [2.05, 4.69) is 5.92 Å². The molecular weight excluding hydrogens is 160 g/mol. The van der Waals surface area contributed by atoms with Crippen LogP contribution in [0.15, 0.2) is 24.3 Å². The number of aryl methyl sites for hydroxylation is 1. The molecule has 0 radical (unpaired) electrons. The van der Waals surface area contributed by atoms with Crippen LogP contribution in [0.5, 0.6) is 0 Å². The maximum atomic E-state index is 9.74. The second kappa shape index (κ2) is 4.11. The van der Waals surface area contributed by atoms with E-state index in [-0.39, 0.29) is 5.92 Å². The van der Waals surface area contributed by atoms with E-state index in [1.165, 1.54) is 5.56 Å². The van der Waals surface area contributed by atoms with Gasteiger partial charge in [-0.25, -0.2) is 0 Å². The van der Waals surface area contributed by atoms with Crippen molar-refractivity contribution in [3.05, 3.63) is 35.4 Å². The summed E-state index contributed by atoms with van der Waals surface area (Å²) in [4.78, 5) is 0. The Bertz CT molecular complexity index is 305. The molecule has 1 nitrogen and oxygen atoms in total. The van der Waals surface area contributed by atoms with Crippen molar-refractivity contribution in [2.24, 2.45) is 5.92 Å². The third kappa shape index (κ3) is 2.34. The summed E-state index contributed by atoms with van der Waals surface area (Å²) in [6.45, 7) is 3.85. The van der Waals surface area contributed by atoms with Gasteiger partial charge < -0.3 is 5.11 Å². The van der Waals surface area contributed by atoms with E-state index in [0.29, 0.717) is 0 Å². The molecule has 0 fully saturated rings. The Kier molecular flexibility index (Phi) is 3.11. The van der Waals surface area contributed by atoms with E-state index >= 15 is 0 Å². The van der Waals surface area contributed by atoms with Crippen LogP contribution in [0.1, 0.15) is 24.2 Å². The normalized spacial score (nSPS) is 14.6. The van der Waals surface area contributed by atoms with Crippen molar-refractivity contribution < 1.29 is 5.11 Å². The molecule has 0 aliphatic heterocycles. The van der Waals surface area contributed by atoms with Crippen molar-refractivity contribution >= 4 is 0 Å². The Hall–Kier alpha value is -1.26. The third-order valence-corrected chi connectivity index (χ3v) is 2.16. The van der Waals surface area contributed by atoms with Gasteiger partial charge in [-0.15, -0.1) is 12.3 Å². The van der Waals surface area contributed by atoms with Gasteiger partial charge in [-0.05, 0) is 19.4 Å². The third-order valence-electron chi connectivity index (χ3n) is 2.16. The molecule has 0 bridgehead atoms. The summed E-state index contributed by atoms with van der Waals surface area (Å²) >= 11 is 0. The van der Waals surface area contributed by atoms with Crippen molar-refractivity contribution in [1.82, 2.24) is 0 Å². The number of aliphatic hydroxyl groups excluding tert-OH is 1. The fourth-order valence-corrected chi connectivity index (χ4v) is 1.14. The minimum Gasteiger partial charge on any atom is -0.387 e. The number of hydrogen-bond acceptors (Lipinski definition) is 1. The van der Waals surface area contributed by atoms with Gasteiger partial charge in [-0.2, -0.15) is 0 Å². The van der Waals surface area contributed by atoms with Crippen molar-refractivity contribution in [2.45, 2.75) is 20.0 Å². The first-order valence-corrected chi connectivity index (χ1v) is 4.36. The molecule has 2 atom stereocenters. The first-order chi connectivity index (χ1) is 6.15. The first-order valence-electron chi connectivity index (χ1n) is 4.36. The van der Waals surface area contributed by atoms with Crippen LogP contribution in [-0.4, -0.2) is 5.11 Å². The van der Waals surface area contributed by atoms with Crippen LogP contribution in [0, 0.1) is 25.2 Å². The van der Waals surface area contributed by atoms with Crippen LogP contribution >= 0.6 is 0 Å². The molecule has 0 aliphatic carbocycles. The van der Waals surface area contributed by atoms with E-state index in [4.69, 9.17) is 6.42 Å². The summed E-state index contributed by atoms with van der Waals surface area (Å²) in [6, 6.07) is 7.77. The topological polar surface area (TPSA) is 20.2 Å². The lowest BCUT2D eigenvalue weighted by Gasteiger charge is -2.13. The van der Waals surface area contributed by atoms with Gasteiger partial charge in [-0.1, -0.05) is 29.8 Å². The maximum absolute atomic E-state index is 9.74. The van der Waals surface area contributed by atoms with Crippen LogP contribution in [-0.2, 0) is 0 Å². The van der Waals surface area contributed by atoms with Gasteiger partial charge in [0.25, 0.3) is 0 Å². The fraction of sp³-hybridized carbons (Fsp3) is 0.333. The number of terminal acetylenes is 1. The first kappa shape index (κ1) is 9.83. The molecule has 68 valence electrons. The number of benzene rings is 1. The van der Waals surface area contributed by atoms with Crippen molar-refractivity contribution in [3.63, 3.8) is 0 Å². The SMILES string of the molecule is C#CC(C)C(O)c1ccc(C)cc1. The summed E-state index contributed by atoms with van der Waals surface area (Å²) in [7, 11) is 0. The number of aliphatic hydroxyl groups is 1. The smallest absolute Gasteiger partial charge is 0.0924 e. The molecule has 1 rings (SSSR count). The summed E-state index contributed by atoms with van der Waals surface area (Å²) < 4.78 is 0. The summed E-state index contributed by atoms with van der Waals surface area (Å²) in [5.74, 6) is 2.39. The Morgan fingerprint density at radius 1 is 1.31 bits per heavy atom. The molecule has 0 heterocycles. The summed E-state index contributed by atoms with van der Waals surface area (Å²) in [5.41, 5.74) is 2.07. The van der Waals surface area contributed by atoms with E-state index in [1.54, 1.807) is 0 Å². The molecule has 1 N–H and O–H groups in total. The quantitative estimate of drug-likeness (QED) is 0.682. The summed E-state index contributed by atoms with van der Waals surface area (Å²) in [6.07, 6.45) is 4.68. The molecule has 2 unspecified atom stereocenters. The van der Waals surface area contributed by atoms with Gasteiger partial charge in [0.2, 0.25) is 0 Å². The lowest BCUT2D eigenvalue weighted by molar-refractivity contribution is 0.144. The van der Waals surface area contributed by atoms with Crippen LogP contribution in [0.2, 0.25) is 0 Å². The van der Waals surface area contributed by atoms with Gasteiger partial charge in [0.05, 0.1) is 6.10 Å². The van der Waals surface area contributed by atoms with Crippen molar-refractivity contribution in [1.29, 1.82) is 0 Å². The minimum absolute atomic E-state index is 0.136. The van der Waals surface area contributed by atoms with Crippen LogP contribution < -0.4 is 0 Å². The Balaban J connectivity index is 2.84. The van der Waals surface area contributed by atoms with E-state index in [9.17, 15) is 5.11 Å². The second-order valence-corrected chi connectivity index (χ2v) is 3.31. The molecule has 0 spiro atoms.